The Bertz CT molecular complexity index is 442. The standard InChI is InChI=1S/C11H18N4O/c1-11(7-12)3-5-15(8-11)9-10(16)14(2)6-4-13-9/h4,6H,3,5,7-8,12H2,1-2H3. The Morgan fingerprint density at radius 2 is 2.38 bits per heavy atom. The fourth-order valence-corrected chi connectivity index (χ4v) is 2.07. The van der Waals surface area contributed by atoms with E-state index in [0.717, 1.165) is 19.5 Å². The highest BCUT2D eigenvalue weighted by molar-refractivity contribution is 5.37. The van der Waals surface area contributed by atoms with Gasteiger partial charge in [0.05, 0.1) is 0 Å². The molecule has 0 saturated carbocycles. The smallest absolute Gasteiger partial charge is 0.293 e. The highest BCUT2D eigenvalue weighted by atomic mass is 16.1. The molecule has 0 aromatic carbocycles. The lowest BCUT2D eigenvalue weighted by molar-refractivity contribution is 0.383. The summed E-state index contributed by atoms with van der Waals surface area (Å²) in [5.41, 5.74) is 5.82. The molecule has 5 nitrogen and oxygen atoms in total. The topological polar surface area (TPSA) is 64.2 Å². The lowest BCUT2D eigenvalue weighted by Crippen LogP contribution is -2.35. The van der Waals surface area contributed by atoms with Gasteiger partial charge in [-0.2, -0.15) is 0 Å². The number of hydrogen-bond acceptors (Lipinski definition) is 4. The summed E-state index contributed by atoms with van der Waals surface area (Å²) in [6.07, 6.45) is 4.35. The molecule has 0 bridgehead atoms. The summed E-state index contributed by atoms with van der Waals surface area (Å²) in [4.78, 5) is 18.1. The number of nitrogens with two attached hydrogens (primary N) is 1. The Labute approximate surface area is 94.9 Å². The van der Waals surface area contributed by atoms with E-state index in [1.807, 2.05) is 4.90 Å². The molecule has 2 rings (SSSR count). The first kappa shape index (κ1) is 11.1. The summed E-state index contributed by atoms with van der Waals surface area (Å²) in [5, 5.41) is 0. The average molecular weight is 222 g/mol. The van der Waals surface area contributed by atoms with Gasteiger partial charge in [0.1, 0.15) is 0 Å². The van der Waals surface area contributed by atoms with Crippen molar-refractivity contribution >= 4 is 5.82 Å². The lowest BCUT2D eigenvalue weighted by atomic mass is 9.90. The van der Waals surface area contributed by atoms with Gasteiger partial charge in [0, 0.05) is 32.5 Å². The van der Waals surface area contributed by atoms with E-state index < -0.39 is 0 Å². The molecule has 1 aliphatic rings. The zero-order chi connectivity index (χ0) is 11.8. The fraction of sp³-hybridized carbons (Fsp3) is 0.636. The van der Waals surface area contributed by atoms with E-state index in [-0.39, 0.29) is 11.0 Å². The van der Waals surface area contributed by atoms with E-state index in [2.05, 4.69) is 11.9 Å². The highest BCUT2D eigenvalue weighted by Gasteiger charge is 2.34. The summed E-state index contributed by atoms with van der Waals surface area (Å²) >= 11 is 0. The molecule has 1 fully saturated rings. The Morgan fingerprint density at radius 1 is 1.62 bits per heavy atom. The van der Waals surface area contributed by atoms with E-state index in [1.165, 1.54) is 0 Å². The van der Waals surface area contributed by atoms with E-state index >= 15 is 0 Å². The molecular formula is C11H18N4O. The summed E-state index contributed by atoms with van der Waals surface area (Å²) in [7, 11) is 1.74. The Morgan fingerprint density at radius 3 is 3.00 bits per heavy atom. The summed E-state index contributed by atoms with van der Waals surface area (Å²) in [6.45, 7) is 4.48. The number of rotatable bonds is 2. The van der Waals surface area contributed by atoms with Crippen LogP contribution in [0.4, 0.5) is 5.82 Å². The molecule has 0 amide bonds. The van der Waals surface area contributed by atoms with Crippen molar-refractivity contribution in [3.8, 4) is 0 Å². The Balaban J connectivity index is 2.28. The molecular weight excluding hydrogens is 204 g/mol. The number of nitrogens with zero attached hydrogens (tertiary/aromatic N) is 3. The minimum absolute atomic E-state index is 0.0382. The third-order valence-electron chi connectivity index (χ3n) is 3.35. The summed E-state index contributed by atoms with van der Waals surface area (Å²) < 4.78 is 1.56. The maximum Gasteiger partial charge on any atom is 0.293 e. The molecule has 1 aromatic heterocycles. The van der Waals surface area contributed by atoms with Gasteiger partial charge in [-0.05, 0) is 18.4 Å². The van der Waals surface area contributed by atoms with Gasteiger partial charge in [0.15, 0.2) is 5.82 Å². The van der Waals surface area contributed by atoms with Crippen molar-refractivity contribution < 1.29 is 0 Å². The van der Waals surface area contributed by atoms with Crippen LogP contribution < -0.4 is 16.2 Å². The minimum Gasteiger partial charge on any atom is -0.351 e. The van der Waals surface area contributed by atoms with E-state index in [0.29, 0.717) is 12.4 Å². The minimum atomic E-state index is -0.0382. The molecule has 1 aromatic rings. The SMILES string of the molecule is Cn1ccnc(N2CCC(C)(CN)C2)c1=O. The van der Waals surface area contributed by atoms with Crippen molar-refractivity contribution in [3.63, 3.8) is 0 Å². The van der Waals surface area contributed by atoms with Crippen molar-refractivity contribution in [3.05, 3.63) is 22.7 Å². The Kier molecular flexibility index (Phi) is 2.71. The van der Waals surface area contributed by atoms with Gasteiger partial charge in [0.25, 0.3) is 5.56 Å². The van der Waals surface area contributed by atoms with Crippen LogP contribution in [-0.2, 0) is 7.05 Å². The predicted octanol–water partition coefficient (Wildman–Crippen LogP) is -0.0446. The second-order valence-corrected chi connectivity index (χ2v) is 4.85. The first-order chi connectivity index (χ1) is 7.56. The highest BCUT2D eigenvalue weighted by Crippen LogP contribution is 2.29. The molecule has 1 saturated heterocycles. The van der Waals surface area contributed by atoms with Crippen molar-refractivity contribution in [2.75, 3.05) is 24.5 Å². The van der Waals surface area contributed by atoms with Crippen molar-refractivity contribution in [1.82, 2.24) is 9.55 Å². The van der Waals surface area contributed by atoms with Crippen LogP contribution in [0.3, 0.4) is 0 Å². The average Bonchev–Trinajstić information content (AvgIpc) is 2.66. The molecule has 1 unspecified atom stereocenters. The van der Waals surface area contributed by atoms with Gasteiger partial charge in [-0.25, -0.2) is 4.98 Å². The Hall–Kier alpha value is -1.36. The largest absolute Gasteiger partial charge is 0.351 e. The van der Waals surface area contributed by atoms with E-state index in [4.69, 9.17) is 5.73 Å². The monoisotopic (exact) mass is 222 g/mol. The van der Waals surface area contributed by atoms with Gasteiger partial charge in [0.2, 0.25) is 0 Å². The van der Waals surface area contributed by atoms with E-state index in [9.17, 15) is 4.79 Å². The maximum atomic E-state index is 11.9. The normalized spacial score (nSPS) is 25.1. The second-order valence-electron chi connectivity index (χ2n) is 4.85. The van der Waals surface area contributed by atoms with Gasteiger partial charge >= 0.3 is 0 Å². The number of aromatic nitrogens is 2. The third kappa shape index (κ3) is 1.82. The van der Waals surface area contributed by atoms with Crippen LogP contribution in [0.25, 0.3) is 0 Å². The predicted molar refractivity (Wildman–Crippen MR) is 63.5 cm³/mol. The molecule has 1 aliphatic heterocycles. The van der Waals surface area contributed by atoms with Crippen molar-refractivity contribution in [1.29, 1.82) is 0 Å². The molecule has 16 heavy (non-hydrogen) atoms. The molecule has 0 aliphatic carbocycles. The molecule has 0 radical (unpaired) electrons. The first-order valence-corrected chi connectivity index (χ1v) is 5.52. The number of aryl methyl sites for hydroxylation is 1. The molecule has 88 valence electrons. The van der Waals surface area contributed by atoms with Crippen LogP contribution in [0, 0.1) is 5.41 Å². The fourth-order valence-electron chi connectivity index (χ4n) is 2.07. The van der Waals surface area contributed by atoms with Gasteiger partial charge in [-0.15, -0.1) is 0 Å². The van der Waals surface area contributed by atoms with Crippen LogP contribution in [0.1, 0.15) is 13.3 Å². The van der Waals surface area contributed by atoms with Crippen molar-refractivity contribution in [2.24, 2.45) is 18.2 Å². The van der Waals surface area contributed by atoms with Crippen LogP contribution in [0.15, 0.2) is 17.2 Å². The van der Waals surface area contributed by atoms with Crippen LogP contribution in [0.2, 0.25) is 0 Å². The first-order valence-electron chi connectivity index (χ1n) is 5.52. The molecule has 2 heterocycles. The zero-order valence-corrected chi connectivity index (χ0v) is 9.81. The molecule has 1 atom stereocenters. The van der Waals surface area contributed by atoms with Crippen LogP contribution in [0.5, 0.6) is 0 Å². The third-order valence-corrected chi connectivity index (χ3v) is 3.35. The molecule has 0 spiro atoms. The zero-order valence-electron chi connectivity index (χ0n) is 9.81. The van der Waals surface area contributed by atoms with Gasteiger partial charge < -0.3 is 15.2 Å². The lowest BCUT2D eigenvalue weighted by Gasteiger charge is -2.22. The number of hydrogen-bond donors (Lipinski definition) is 1. The second kappa shape index (κ2) is 3.90. The summed E-state index contributed by atoms with van der Waals surface area (Å²) in [5.74, 6) is 0.544. The number of anilines is 1. The van der Waals surface area contributed by atoms with Crippen molar-refractivity contribution in [2.45, 2.75) is 13.3 Å². The quantitative estimate of drug-likeness (QED) is 0.762. The van der Waals surface area contributed by atoms with Crippen LogP contribution >= 0.6 is 0 Å². The molecule has 2 N–H and O–H groups in total. The van der Waals surface area contributed by atoms with Gasteiger partial charge in [-0.3, -0.25) is 4.79 Å². The van der Waals surface area contributed by atoms with Crippen LogP contribution in [-0.4, -0.2) is 29.2 Å². The molecule has 5 heteroatoms. The maximum absolute atomic E-state index is 11.9. The van der Waals surface area contributed by atoms with E-state index in [1.54, 1.807) is 24.0 Å². The summed E-state index contributed by atoms with van der Waals surface area (Å²) in [6, 6.07) is 0. The van der Waals surface area contributed by atoms with Gasteiger partial charge in [-0.1, -0.05) is 6.92 Å².